The summed E-state index contributed by atoms with van der Waals surface area (Å²) in [4.78, 5) is 27.2. The first-order valence-electron chi connectivity index (χ1n) is 20.9. The Morgan fingerprint density at radius 1 is 1.06 bits per heavy atom. The van der Waals surface area contributed by atoms with Crippen molar-refractivity contribution in [1.82, 2.24) is 5.32 Å². The van der Waals surface area contributed by atoms with Crippen LogP contribution in [0.15, 0.2) is 29.8 Å². The molecule has 1 spiro atoms. The van der Waals surface area contributed by atoms with Crippen molar-refractivity contribution in [1.29, 1.82) is 0 Å². The summed E-state index contributed by atoms with van der Waals surface area (Å²) in [7, 11) is 1.92. The molecule has 1 aromatic rings. The molecule has 292 valence electrons. The van der Waals surface area contributed by atoms with Crippen molar-refractivity contribution in [3.05, 3.63) is 46.5 Å². The molecule has 10 rings (SSSR count). The topological polar surface area (TPSA) is 157 Å². The molecule has 6 saturated carbocycles. The predicted molar refractivity (Wildman–Crippen MR) is 200 cm³/mol. The van der Waals surface area contributed by atoms with Gasteiger partial charge in [-0.25, -0.2) is 4.79 Å². The minimum atomic E-state index is -1.69. The highest BCUT2D eigenvalue weighted by Gasteiger charge is 2.82. The highest BCUT2D eigenvalue weighted by Crippen LogP contribution is 2.77. The van der Waals surface area contributed by atoms with Crippen LogP contribution in [0, 0.1) is 70.0 Å². The monoisotopic (exact) mass is 741 g/mol. The lowest BCUT2D eigenvalue weighted by molar-refractivity contribution is -0.343. The SMILES string of the molecule is CN[C@@H]1Cc2c(cccc2CO)C#CCC[C@]23CC[C@H]4[C@@](O)(C[C@H]5C[C@@H](C(C)C)CC[C@@H]6[C@@H](O)CC[C@@]4(C=O)[C@]56O)[C@@]2(O)C[C@H]2C[C@H]1[C@@H]1OC(=O)C=C1[C@@H]23. The van der Waals surface area contributed by atoms with Crippen LogP contribution in [0.3, 0.4) is 0 Å². The maximum absolute atomic E-state index is 13.9. The zero-order valence-electron chi connectivity index (χ0n) is 32.1. The predicted octanol–water partition coefficient (Wildman–Crippen LogP) is 3.98. The number of likely N-dealkylation sites (N-methyl/N-ethyl adjacent to an activating group) is 1. The first kappa shape index (κ1) is 37.0. The van der Waals surface area contributed by atoms with Gasteiger partial charge in [-0.05, 0) is 136 Å². The molecule has 0 unspecified atom stereocenters. The van der Waals surface area contributed by atoms with Gasteiger partial charge in [0.05, 0.1) is 29.3 Å². The van der Waals surface area contributed by atoms with Gasteiger partial charge in [0.15, 0.2) is 0 Å². The average molecular weight is 742 g/mol. The third-order valence-corrected chi connectivity index (χ3v) is 17.5. The van der Waals surface area contributed by atoms with Crippen LogP contribution in [0.25, 0.3) is 0 Å². The number of carbonyl (C=O) groups excluding carboxylic acids is 2. The summed E-state index contributed by atoms with van der Waals surface area (Å²) in [5.41, 5.74) is -3.37. The third-order valence-electron chi connectivity index (χ3n) is 17.5. The van der Waals surface area contributed by atoms with Gasteiger partial charge < -0.3 is 40.4 Å². The van der Waals surface area contributed by atoms with Crippen LogP contribution in [0.5, 0.6) is 0 Å². The Morgan fingerprint density at radius 3 is 2.61 bits per heavy atom. The van der Waals surface area contributed by atoms with Crippen molar-refractivity contribution in [2.24, 2.45) is 58.2 Å². The zero-order valence-corrected chi connectivity index (χ0v) is 32.1. The van der Waals surface area contributed by atoms with Crippen molar-refractivity contribution in [2.75, 3.05) is 7.05 Å². The molecule has 54 heavy (non-hydrogen) atoms. The van der Waals surface area contributed by atoms with E-state index in [4.69, 9.17) is 4.74 Å². The van der Waals surface area contributed by atoms with E-state index in [1.165, 1.54) is 0 Å². The van der Waals surface area contributed by atoms with Gasteiger partial charge in [0.25, 0.3) is 0 Å². The minimum absolute atomic E-state index is 0.0663. The normalized spacial score (nSPS) is 48.8. The number of rotatable bonds is 4. The molecule has 0 aromatic heterocycles. The van der Waals surface area contributed by atoms with Gasteiger partial charge in [0.1, 0.15) is 18.0 Å². The van der Waals surface area contributed by atoms with E-state index in [1.807, 2.05) is 25.2 Å². The number of ether oxygens (including phenoxy) is 1. The average Bonchev–Trinajstić information content (AvgIpc) is 3.60. The minimum Gasteiger partial charge on any atom is -0.454 e. The second-order valence-corrected chi connectivity index (χ2v) is 19.3. The molecular weight excluding hydrogens is 682 g/mol. The molecule has 1 aromatic carbocycles. The lowest BCUT2D eigenvalue weighted by atomic mass is 9.36. The van der Waals surface area contributed by atoms with Gasteiger partial charge in [-0.3, -0.25) is 0 Å². The van der Waals surface area contributed by atoms with E-state index in [0.29, 0.717) is 70.1 Å². The van der Waals surface area contributed by atoms with E-state index in [2.05, 4.69) is 31.0 Å². The number of benzene rings is 1. The summed E-state index contributed by atoms with van der Waals surface area (Å²) < 4.78 is 6.21. The highest BCUT2D eigenvalue weighted by atomic mass is 16.5. The number of hydrogen-bond donors (Lipinski definition) is 6. The van der Waals surface area contributed by atoms with Crippen LogP contribution >= 0.6 is 0 Å². The molecular formula is C45H59NO8. The van der Waals surface area contributed by atoms with E-state index < -0.39 is 57.6 Å². The second-order valence-electron chi connectivity index (χ2n) is 19.3. The molecule has 9 aliphatic rings. The Kier molecular flexibility index (Phi) is 8.72. The summed E-state index contributed by atoms with van der Waals surface area (Å²) in [6.07, 6.45) is 7.80. The number of aldehydes is 1. The molecule has 15 atom stereocenters. The van der Waals surface area contributed by atoms with Crippen LogP contribution in [0.2, 0.25) is 0 Å². The van der Waals surface area contributed by atoms with Crippen LogP contribution in [0.4, 0.5) is 0 Å². The number of aliphatic hydroxyl groups is 5. The third kappa shape index (κ3) is 4.62. The number of hydrogen-bond acceptors (Lipinski definition) is 9. The van der Waals surface area contributed by atoms with Crippen LogP contribution in [-0.2, 0) is 27.4 Å². The molecule has 9 heteroatoms. The number of esters is 1. The maximum atomic E-state index is 13.9. The van der Waals surface area contributed by atoms with E-state index >= 15 is 0 Å². The smallest absolute Gasteiger partial charge is 0.331 e. The summed E-state index contributed by atoms with van der Waals surface area (Å²) in [6.45, 7) is 4.28. The first-order chi connectivity index (χ1) is 25.8. The first-order valence-corrected chi connectivity index (χ1v) is 20.9. The number of carbonyl (C=O) groups is 2. The molecule has 8 aliphatic carbocycles. The fraction of sp³-hybridized carbons (Fsp3) is 0.733. The van der Waals surface area contributed by atoms with Gasteiger partial charge in [-0.1, -0.05) is 37.8 Å². The van der Waals surface area contributed by atoms with Crippen molar-refractivity contribution in [2.45, 2.75) is 139 Å². The number of fused-ring (bicyclic) bond motifs is 6. The molecule has 9 nitrogen and oxygen atoms in total. The molecule has 0 radical (unpaired) electrons. The van der Waals surface area contributed by atoms with E-state index in [-0.39, 0.29) is 55.1 Å². The van der Waals surface area contributed by atoms with Gasteiger partial charge in [0.2, 0.25) is 0 Å². The molecule has 0 amide bonds. The zero-order chi connectivity index (χ0) is 38.0. The molecule has 6 fully saturated rings. The second kappa shape index (κ2) is 12.7. The van der Waals surface area contributed by atoms with E-state index in [9.17, 15) is 35.1 Å². The van der Waals surface area contributed by atoms with Crippen molar-refractivity contribution < 1.29 is 39.9 Å². The molecule has 6 N–H and O–H groups in total. The van der Waals surface area contributed by atoms with E-state index in [1.54, 1.807) is 6.08 Å². The fourth-order valence-corrected chi connectivity index (χ4v) is 15.3. The lowest BCUT2D eigenvalue weighted by Gasteiger charge is -2.72. The molecule has 4 bridgehead atoms. The van der Waals surface area contributed by atoms with Gasteiger partial charge in [-0.15, -0.1) is 0 Å². The van der Waals surface area contributed by atoms with Crippen molar-refractivity contribution >= 4 is 12.3 Å². The quantitative estimate of drug-likeness (QED) is 0.153. The van der Waals surface area contributed by atoms with Crippen LogP contribution < -0.4 is 5.32 Å². The Morgan fingerprint density at radius 2 is 1.87 bits per heavy atom. The van der Waals surface area contributed by atoms with Crippen molar-refractivity contribution in [3.63, 3.8) is 0 Å². The summed E-state index contributed by atoms with van der Waals surface area (Å²) in [6, 6.07) is 5.73. The van der Waals surface area contributed by atoms with Crippen molar-refractivity contribution in [3.8, 4) is 11.8 Å². The Labute approximate surface area is 319 Å². The number of aliphatic hydroxyl groups excluding tert-OH is 2. The lowest BCUT2D eigenvalue weighted by Crippen LogP contribution is -2.80. The number of nitrogens with one attached hydrogen (secondary N) is 1. The Balaban J connectivity index is 1.22. The van der Waals surface area contributed by atoms with Crippen LogP contribution in [-0.4, -0.2) is 79.9 Å². The molecule has 0 saturated heterocycles. The Hall–Kier alpha value is -2.58. The largest absolute Gasteiger partial charge is 0.454 e. The summed E-state index contributed by atoms with van der Waals surface area (Å²) in [5.74, 6) is 5.04. The van der Waals surface area contributed by atoms with Gasteiger partial charge in [0, 0.05) is 47.3 Å². The summed E-state index contributed by atoms with van der Waals surface area (Å²) >= 11 is 0. The highest BCUT2D eigenvalue weighted by molar-refractivity contribution is 5.86. The summed E-state index contributed by atoms with van der Waals surface area (Å²) in [5, 5.41) is 66.4. The van der Waals surface area contributed by atoms with Gasteiger partial charge >= 0.3 is 5.97 Å². The Bertz CT molecular complexity index is 1820. The maximum Gasteiger partial charge on any atom is 0.331 e. The molecule has 1 aliphatic heterocycles. The fourth-order valence-electron chi connectivity index (χ4n) is 15.3. The van der Waals surface area contributed by atoms with Crippen LogP contribution in [0.1, 0.15) is 108 Å². The standard InChI is InChI=1S/C45H59NO8/c1-25(2)27-10-11-34-36(49)12-15-42(24-48)37-13-16-41-14-5-4-7-26-8-6-9-28(23-47)31(26)19-35(46-3)32-18-29(39(41)33-20-38(50)54-40(32)33)21-44(41,52)43(37,51)22-30(17-27)45(34,42)53/h6,8-9,20,24-25,27,29-30,32,34-37,39-40,46-47,49,51-53H,5,10-19,21-23H2,1-3H3/t27-,29+,30+,32+,34+,35+,36-,37+,39+,40-,41+,42-,43-,44+,45-/m0/s1. The van der Waals surface area contributed by atoms with Gasteiger partial charge in [-0.2, -0.15) is 0 Å². The molecule has 1 heterocycles. The van der Waals surface area contributed by atoms with E-state index in [0.717, 1.165) is 35.0 Å².